The molecule has 1 aliphatic rings. The maximum atomic E-state index is 12.1. The number of carbonyl (C=O) groups is 2. The van der Waals surface area contributed by atoms with Gasteiger partial charge in [-0.05, 0) is 57.6 Å². The van der Waals surface area contributed by atoms with Gasteiger partial charge in [0, 0.05) is 18.4 Å². The van der Waals surface area contributed by atoms with Crippen molar-refractivity contribution in [2.45, 2.75) is 51.6 Å². The number of carbonyl (C=O) groups excluding carboxylic acids is 1. The number of para-hydroxylation sites is 1. The van der Waals surface area contributed by atoms with Crippen molar-refractivity contribution in [3.05, 3.63) is 48.5 Å². The predicted molar refractivity (Wildman–Crippen MR) is 109 cm³/mol. The van der Waals surface area contributed by atoms with Gasteiger partial charge in [0.25, 0.3) is 0 Å². The number of aliphatic carboxylic acids is 1. The zero-order valence-electron chi connectivity index (χ0n) is 17.4. The Hall–Kier alpha value is -2.83. The molecule has 0 saturated heterocycles. The van der Waals surface area contributed by atoms with Gasteiger partial charge in [0.2, 0.25) is 0 Å². The normalized spacial score (nSPS) is 22.0. The van der Waals surface area contributed by atoms with Crippen LogP contribution in [0.25, 0.3) is 5.69 Å². The number of nitrogens with zero attached hydrogens (tertiary/aromatic N) is 2. The third-order valence-corrected chi connectivity index (χ3v) is 5.26. The molecule has 3 rings (SSSR count). The number of aromatic nitrogens is 2. The number of alkyl carbamates (subject to hydrolysis) is 1. The van der Waals surface area contributed by atoms with Crippen LogP contribution in [0.5, 0.6) is 0 Å². The molecule has 1 aromatic carbocycles. The molecule has 0 bridgehead atoms. The minimum Gasteiger partial charge on any atom is -0.481 e. The van der Waals surface area contributed by atoms with Crippen molar-refractivity contribution in [1.29, 1.82) is 0 Å². The highest BCUT2D eigenvalue weighted by Crippen LogP contribution is 2.56. The smallest absolute Gasteiger partial charge is 0.407 e. The molecule has 1 fully saturated rings. The van der Waals surface area contributed by atoms with Crippen LogP contribution in [0.1, 0.15) is 46.2 Å². The zero-order valence-corrected chi connectivity index (χ0v) is 17.4. The maximum absolute atomic E-state index is 12.1. The molecule has 2 aromatic rings. The van der Waals surface area contributed by atoms with Crippen LogP contribution in [0, 0.1) is 11.8 Å². The van der Waals surface area contributed by atoms with E-state index in [1.54, 1.807) is 6.33 Å². The fourth-order valence-electron chi connectivity index (χ4n) is 3.73. The first kappa shape index (κ1) is 20.9. The number of carboxylic acid groups (broad SMARTS) is 1. The van der Waals surface area contributed by atoms with Crippen LogP contribution in [0.15, 0.2) is 42.9 Å². The average Bonchev–Trinajstić information content (AvgIpc) is 3.14. The lowest BCUT2D eigenvalue weighted by Gasteiger charge is -2.21. The third-order valence-electron chi connectivity index (χ3n) is 5.26. The highest BCUT2D eigenvalue weighted by Gasteiger charge is 2.62. The second-order valence-electron chi connectivity index (χ2n) is 8.90. The van der Waals surface area contributed by atoms with Gasteiger partial charge in [-0.3, -0.25) is 4.79 Å². The van der Waals surface area contributed by atoms with E-state index in [1.165, 1.54) is 0 Å². The summed E-state index contributed by atoms with van der Waals surface area (Å²) in [5.41, 5.74) is 0.0464. The van der Waals surface area contributed by atoms with Crippen LogP contribution in [0.3, 0.4) is 0 Å². The van der Waals surface area contributed by atoms with E-state index in [1.807, 2.05) is 68.8 Å². The molecule has 7 nitrogen and oxygen atoms in total. The Bertz CT molecular complexity index is 872. The summed E-state index contributed by atoms with van der Waals surface area (Å²) in [6, 6.07) is 9.70. The SMILES string of the molecule is C[C@H](CNC(=O)OC(C)(C)C)C[C@H]1CC1(C(=O)O)c1cn(-c2ccccc2)cn1. The van der Waals surface area contributed by atoms with E-state index in [0.717, 1.165) is 5.69 Å². The monoisotopic (exact) mass is 399 g/mol. The van der Waals surface area contributed by atoms with Gasteiger partial charge in [0.05, 0.1) is 12.0 Å². The maximum Gasteiger partial charge on any atom is 0.407 e. The topological polar surface area (TPSA) is 93.5 Å². The second kappa shape index (κ2) is 7.89. The van der Waals surface area contributed by atoms with Gasteiger partial charge in [0.15, 0.2) is 0 Å². The van der Waals surface area contributed by atoms with Crippen molar-refractivity contribution in [2.75, 3.05) is 6.54 Å². The van der Waals surface area contributed by atoms with Gasteiger partial charge in [-0.25, -0.2) is 9.78 Å². The lowest BCUT2D eigenvalue weighted by molar-refractivity contribution is -0.140. The molecule has 1 aromatic heterocycles. The summed E-state index contributed by atoms with van der Waals surface area (Å²) in [6.07, 6.45) is 4.28. The largest absolute Gasteiger partial charge is 0.481 e. The first-order chi connectivity index (χ1) is 13.6. The van der Waals surface area contributed by atoms with Crippen LogP contribution < -0.4 is 5.32 Å². The summed E-state index contributed by atoms with van der Waals surface area (Å²) in [5, 5.41) is 12.7. The molecule has 156 valence electrons. The van der Waals surface area contributed by atoms with Gasteiger partial charge in [-0.2, -0.15) is 0 Å². The Morgan fingerprint density at radius 3 is 2.66 bits per heavy atom. The van der Waals surface area contributed by atoms with Crippen LogP contribution in [-0.4, -0.2) is 38.9 Å². The minimum atomic E-state index is -0.944. The van der Waals surface area contributed by atoms with Gasteiger partial charge >= 0.3 is 12.1 Å². The number of amides is 1. The van der Waals surface area contributed by atoms with Crippen LogP contribution in [0.2, 0.25) is 0 Å². The molecule has 1 heterocycles. The third kappa shape index (κ3) is 4.78. The van der Waals surface area contributed by atoms with Crippen molar-refractivity contribution in [3.63, 3.8) is 0 Å². The average molecular weight is 399 g/mol. The molecule has 2 N–H and O–H groups in total. The highest BCUT2D eigenvalue weighted by atomic mass is 16.6. The Morgan fingerprint density at radius 1 is 1.34 bits per heavy atom. The minimum absolute atomic E-state index is 0.00504. The molecule has 1 aliphatic carbocycles. The van der Waals surface area contributed by atoms with E-state index in [0.29, 0.717) is 25.1 Å². The van der Waals surface area contributed by atoms with Crippen LogP contribution >= 0.6 is 0 Å². The highest BCUT2D eigenvalue weighted by molar-refractivity contribution is 5.85. The summed E-state index contributed by atoms with van der Waals surface area (Å²) in [4.78, 5) is 28.3. The molecule has 1 amide bonds. The summed E-state index contributed by atoms with van der Waals surface area (Å²) >= 11 is 0. The Morgan fingerprint density at radius 2 is 2.03 bits per heavy atom. The summed E-state index contributed by atoms with van der Waals surface area (Å²) in [5.74, 6) is -0.715. The molecular weight excluding hydrogens is 370 g/mol. The van der Waals surface area contributed by atoms with Crippen molar-refractivity contribution in [3.8, 4) is 5.69 Å². The van der Waals surface area contributed by atoms with E-state index in [4.69, 9.17) is 4.74 Å². The number of benzene rings is 1. The standard InChI is InChI=1S/C22H29N3O4/c1-15(12-23-20(28)29-21(2,3)4)10-16-11-22(16,19(26)27)18-13-25(14-24-18)17-8-6-5-7-9-17/h5-9,13-16H,10-12H2,1-4H3,(H,23,28)(H,26,27)/t15-,16-,22?/m0/s1. The predicted octanol–water partition coefficient (Wildman–Crippen LogP) is 3.77. The number of hydrogen-bond acceptors (Lipinski definition) is 4. The van der Waals surface area contributed by atoms with Gasteiger partial charge in [0.1, 0.15) is 11.0 Å². The van der Waals surface area contributed by atoms with Crippen LogP contribution in [-0.2, 0) is 14.9 Å². The second-order valence-corrected chi connectivity index (χ2v) is 8.90. The van der Waals surface area contributed by atoms with E-state index in [-0.39, 0.29) is 11.8 Å². The van der Waals surface area contributed by atoms with E-state index in [9.17, 15) is 14.7 Å². The lowest BCUT2D eigenvalue weighted by atomic mass is 9.94. The van der Waals surface area contributed by atoms with Crippen molar-refractivity contribution in [1.82, 2.24) is 14.9 Å². The quantitative estimate of drug-likeness (QED) is 0.739. The fourth-order valence-corrected chi connectivity index (χ4v) is 3.73. The van der Waals surface area contributed by atoms with E-state index in [2.05, 4.69) is 10.3 Å². The van der Waals surface area contributed by atoms with Gasteiger partial charge in [-0.15, -0.1) is 0 Å². The van der Waals surface area contributed by atoms with E-state index < -0.39 is 23.1 Å². The molecule has 0 radical (unpaired) electrons. The fraction of sp³-hybridized carbons (Fsp3) is 0.500. The van der Waals surface area contributed by atoms with E-state index >= 15 is 0 Å². The summed E-state index contributed by atoms with van der Waals surface area (Å²) in [6.45, 7) is 7.90. The Labute approximate surface area is 171 Å². The first-order valence-electron chi connectivity index (χ1n) is 9.92. The number of hydrogen-bond donors (Lipinski definition) is 2. The molecule has 0 spiro atoms. The van der Waals surface area contributed by atoms with Crippen molar-refractivity contribution in [2.24, 2.45) is 11.8 Å². The van der Waals surface area contributed by atoms with Crippen molar-refractivity contribution < 1.29 is 19.4 Å². The molecule has 7 heteroatoms. The Balaban J connectivity index is 1.62. The summed E-state index contributed by atoms with van der Waals surface area (Å²) < 4.78 is 7.10. The van der Waals surface area contributed by atoms with Crippen LogP contribution in [0.4, 0.5) is 4.79 Å². The van der Waals surface area contributed by atoms with Crippen molar-refractivity contribution >= 4 is 12.1 Å². The first-order valence-corrected chi connectivity index (χ1v) is 9.92. The Kier molecular flexibility index (Phi) is 5.68. The molecule has 29 heavy (non-hydrogen) atoms. The molecule has 3 atom stereocenters. The zero-order chi connectivity index (χ0) is 21.2. The number of carboxylic acids is 1. The summed E-state index contributed by atoms with van der Waals surface area (Å²) in [7, 11) is 0. The number of nitrogens with one attached hydrogen (secondary N) is 1. The molecule has 1 saturated carbocycles. The molecular formula is C22H29N3O4. The van der Waals surface area contributed by atoms with Gasteiger partial charge in [-0.1, -0.05) is 25.1 Å². The number of rotatable bonds is 7. The molecule has 1 unspecified atom stereocenters. The van der Waals surface area contributed by atoms with Gasteiger partial charge < -0.3 is 19.7 Å². The number of imidazole rings is 1. The molecule has 0 aliphatic heterocycles. The number of ether oxygens (including phenoxy) is 1. The lowest BCUT2D eigenvalue weighted by Crippen LogP contribution is -2.35.